The second-order valence-corrected chi connectivity index (χ2v) is 13.8. The quantitative estimate of drug-likeness (QED) is 0.321. The summed E-state index contributed by atoms with van der Waals surface area (Å²) in [6, 6.07) is 4.66. The molecule has 1 saturated heterocycles. The highest BCUT2D eigenvalue weighted by Gasteiger charge is 2.41. The van der Waals surface area contributed by atoms with Crippen LogP contribution in [-0.4, -0.2) is 65.4 Å². The number of piperazine rings is 1. The highest BCUT2D eigenvalue weighted by atomic mass is 35.5. The van der Waals surface area contributed by atoms with Crippen LogP contribution in [0.1, 0.15) is 89.4 Å². The van der Waals surface area contributed by atoms with Gasteiger partial charge < -0.3 is 25.2 Å². The summed E-state index contributed by atoms with van der Waals surface area (Å²) in [7, 11) is 0. The molecule has 2 heterocycles. The molecule has 0 bridgehead atoms. The number of hydrogen-bond acceptors (Lipinski definition) is 6. The molecule has 2 atom stereocenters. The summed E-state index contributed by atoms with van der Waals surface area (Å²) in [5, 5.41) is 8.68. The molecule has 1 aromatic carbocycles. The van der Waals surface area contributed by atoms with Crippen molar-refractivity contribution in [3.05, 3.63) is 50.7 Å². The summed E-state index contributed by atoms with van der Waals surface area (Å²) in [5.41, 5.74) is 1.80. The number of nitrogens with one attached hydrogen (secondary N) is 2. The zero-order valence-corrected chi connectivity index (χ0v) is 27.5. The number of thiophene rings is 1. The number of amides is 3. The molecule has 2 aromatic rings. The molecule has 3 amide bonds. The van der Waals surface area contributed by atoms with Crippen molar-refractivity contribution in [2.75, 3.05) is 19.6 Å². The Morgan fingerprint density at radius 3 is 2.48 bits per heavy atom. The standard InChI is InChI=1S/C34H47ClN4O4S/c1-23-15-16-30(31(35)24(23)2)43-34(42)38-17-18-39(29(22-38)32(40)36-21-27-14-9-19-44-27)33(41)28(20-25-10-5-3-6-11-25)37-26-12-7-4-8-13-26/h9,14-16,19,25-26,28-29,37H,3-8,10-13,17-18,20-22H2,1-2H3,(H,36,40)/t28-,29-/m0/s1/i25D,26D. The van der Waals surface area contributed by atoms with Gasteiger partial charge in [0.2, 0.25) is 11.8 Å². The zero-order chi connectivity index (χ0) is 32.9. The summed E-state index contributed by atoms with van der Waals surface area (Å²) in [4.78, 5) is 45.7. The molecule has 2 N–H and O–H groups in total. The molecule has 8 nitrogen and oxygen atoms in total. The molecule has 0 radical (unpaired) electrons. The number of aryl methyl sites for hydroxylation is 1. The Balaban J connectivity index is 1.37. The van der Waals surface area contributed by atoms with Gasteiger partial charge in [-0.1, -0.05) is 75.1 Å². The molecule has 5 rings (SSSR count). The van der Waals surface area contributed by atoms with Crippen molar-refractivity contribution in [1.29, 1.82) is 0 Å². The van der Waals surface area contributed by atoms with Gasteiger partial charge in [0.05, 0.1) is 24.2 Å². The number of ether oxygens (including phenoxy) is 1. The predicted octanol–water partition coefficient (Wildman–Crippen LogP) is 6.61. The van der Waals surface area contributed by atoms with Crippen molar-refractivity contribution in [3.8, 4) is 5.75 Å². The van der Waals surface area contributed by atoms with Gasteiger partial charge in [0.15, 0.2) is 5.75 Å². The van der Waals surface area contributed by atoms with Crippen LogP contribution in [0.5, 0.6) is 5.75 Å². The first kappa shape index (κ1) is 30.1. The number of hydrogen-bond donors (Lipinski definition) is 2. The van der Waals surface area contributed by atoms with E-state index in [1.54, 1.807) is 11.0 Å². The lowest BCUT2D eigenvalue weighted by atomic mass is 9.83. The Morgan fingerprint density at radius 2 is 1.77 bits per heavy atom. The molecule has 0 spiro atoms. The van der Waals surface area contributed by atoms with E-state index < -0.39 is 30.1 Å². The first-order valence-corrected chi connectivity index (χ1v) is 17.3. The third kappa shape index (κ3) is 8.34. The first-order chi connectivity index (χ1) is 22.0. The molecule has 44 heavy (non-hydrogen) atoms. The van der Waals surface area contributed by atoms with Crippen LogP contribution in [0.3, 0.4) is 0 Å². The summed E-state index contributed by atoms with van der Waals surface area (Å²) < 4.78 is 24.1. The van der Waals surface area contributed by atoms with Gasteiger partial charge in [0.25, 0.3) is 0 Å². The number of carbonyl (C=O) groups excluding carboxylic acids is 3. The fourth-order valence-corrected chi connectivity index (χ4v) is 7.35. The van der Waals surface area contributed by atoms with Crippen molar-refractivity contribution < 1.29 is 21.9 Å². The Bertz CT molecular complexity index is 1360. The SMILES string of the molecule is [2H]C1(C[C@H](NC2([2H])CCCCC2)C(=O)N2CCN(C(=O)Oc3ccc(C)c(C)c3Cl)C[C@H]2C(=O)NCc2cccs2)CCCCC1. The monoisotopic (exact) mass is 644 g/mol. The maximum absolute atomic E-state index is 14.5. The van der Waals surface area contributed by atoms with Crippen LogP contribution in [0.2, 0.25) is 5.02 Å². The molecule has 3 fully saturated rings. The number of rotatable bonds is 9. The lowest BCUT2D eigenvalue weighted by Crippen LogP contribution is -2.64. The number of nitrogens with zero attached hydrogens (tertiary/aromatic N) is 2. The van der Waals surface area contributed by atoms with Gasteiger partial charge in [-0.15, -0.1) is 11.3 Å². The van der Waals surface area contributed by atoms with Crippen LogP contribution in [0.15, 0.2) is 29.6 Å². The Labute approximate surface area is 273 Å². The van der Waals surface area contributed by atoms with E-state index in [0.29, 0.717) is 30.8 Å². The van der Waals surface area contributed by atoms with E-state index in [0.717, 1.165) is 67.4 Å². The van der Waals surface area contributed by atoms with Crippen LogP contribution in [0.4, 0.5) is 4.79 Å². The molecular weight excluding hydrogens is 596 g/mol. The number of benzene rings is 1. The summed E-state index contributed by atoms with van der Waals surface area (Å²) in [6.45, 7) is 4.35. The zero-order valence-electron chi connectivity index (χ0n) is 28.0. The Kier molecular flexibility index (Phi) is 10.6. The lowest BCUT2D eigenvalue weighted by Gasteiger charge is -2.42. The van der Waals surface area contributed by atoms with E-state index in [1.807, 2.05) is 37.4 Å². The molecule has 10 heteroatoms. The smallest absolute Gasteiger partial charge is 0.409 e. The van der Waals surface area contributed by atoms with E-state index >= 15 is 0 Å². The first-order valence-electron chi connectivity index (χ1n) is 17.1. The number of halogens is 1. The van der Waals surface area contributed by atoms with Crippen molar-refractivity contribution >= 4 is 40.8 Å². The predicted molar refractivity (Wildman–Crippen MR) is 175 cm³/mol. The van der Waals surface area contributed by atoms with E-state index in [4.69, 9.17) is 17.7 Å². The second-order valence-electron chi connectivity index (χ2n) is 12.4. The summed E-state index contributed by atoms with van der Waals surface area (Å²) in [6.07, 6.45) is 8.29. The minimum atomic E-state index is -0.964. The topological polar surface area (TPSA) is 91.0 Å². The van der Waals surface area contributed by atoms with Gasteiger partial charge >= 0.3 is 6.09 Å². The van der Waals surface area contributed by atoms with Crippen LogP contribution >= 0.6 is 22.9 Å². The maximum atomic E-state index is 14.5. The lowest BCUT2D eigenvalue weighted by molar-refractivity contribution is -0.145. The van der Waals surface area contributed by atoms with Crippen LogP contribution in [0.25, 0.3) is 0 Å². The molecule has 2 aliphatic carbocycles. The van der Waals surface area contributed by atoms with Crippen molar-refractivity contribution in [1.82, 2.24) is 20.4 Å². The molecule has 3 aliphatic rings. The third-order valence-electron chi connectivity index (χ3n) is 9.25. The summed E-state index contributed by atoms with van der Waals surface area (Å²) >= 11 is 8.01. The average Bonchev–Trinajstić information content (AvgIpc) is 3.57. The summed E-state index contributed by atoms with van der Waals surface area (Å²) in [5.74, 6) is -1.16. The largest absolute Gasteiger partial charge is 0.415 e. The van der Waals surface area contributed by atoms with Gasteiger partial charge in [-0.25, -0.2) is 4.79 Å². The van der Waals surface area contributed by atoms with Crippen molar-refractivity contribution in [3.63, 3.8) is 0 Å². The minimum absolute atomic E-state index is 0.0476. The third-order valence-corrected chi connectivity index (χ3v) is 10.6. The highest BCUT2D eigenvalue weighted by molar-refractivity contribution is 7.09. The van der Waals surface area contributed by atoms with Crippen molar-refractivity contribution in [2.45, 2.75) is 109 Å². The van der Waals surface area contributed by atoms with E-state index in [9.17, 15) is 15.8 Å². The van der Waals surface area contributed by atoms with Crippen LogP contribution in [0, 0.1) is 19.7 Å². The fraction of sp³-hybridized carbons (Fsp3) is 0.618. The van der Waals surface area contributed by atoms with Gasteiger partial charge in [-0.2, -0.15) is 0 Å². The highest BCUT2D eigenvalue weighted by Crippen LogP contribution is 2.32. The van der Waals surface area contributed by atoms with Gasteiger partial charge in [-0.05, 0) is 67.6 Å². The van der Waals surface area contributed by atoms with E-state index in [-0.39, 0.29) is 37.2 Å². The van der Waals surface area contributed by atoms with Crippen LogP contribution in [-0.2, 0) is 16.1 Å². The normalized spacial score (nSPS) is 22.8. The van der Waals surface area contributed by atoms with E-state index in [2.05, 4.69) is 10.6 Å². The molecule has 240 valence electrons. The van der Waals surface area contributed by atoms with Gasteiger partial charge in [0, 0.05) is 26.7 Å². The maximum Gasteiger partial charge on any atom is 0.415 e. The fourth-order valence-electron chi connectivity index (χ4n) is 6.45. The molecule has 1 aromatic heterocycles. The number of carbonyl (C=O) groups is 3. The molecule has 2 saturated carbocycles. The second kappa shape index (κ2) is 15.6. The Morgan fingerprint density at radius 1 is 1.05 bits per heavy atom. The minimum Gasteiger partial charge on any atom is -0.409 e. The van der Waals surface area contributed by atoms with Crippen LogP contribution < -0.4 is 15.4 Å². The van der Waals surface area contributed by atoms with Crippen molar-refractivity contribution in [2.24, 2.45) is 5.89 Å². The van der Waals surface area contributed by atoms with Gasteiger partial charge in [0.1, 0.15) is 6.04 Å². The Hall–Kier alpha value is -2.62. The molecule has 1 aliphatic heterocycles. The average molecular weight is 645 g/mol. The van der Waals surface area contributed by atoms with Gasteiger partial charge in [-0.3, -0.25) is 9.59 Å². The molecule has 0 unspecified atom stereocenters. The van der Waals surface area contributed by atoms with E-state index in [1.165, 1.54) is 16.2 Å². The molecular formula is C34H47ClN4O4S.